The van der Waals surface area contributed by atoms with Crippen molar-refractivity contribution >= 4 is 44.9 Å². The van der Waals surface area contributed by atoms with E-state index in [-0.39, 0.29) is 17.5 Å². The van der Waals surface area contributed by atoms with Crippen molar-refractivity contribution in [1.29, 1.82) is 0 Å². The maximum absolute atomic E-state index is 13.3. The van der Waals surface area contributed by atoms with Crippen LogP contribution in [-0.4, -0.2) is 30.6 Å². The summed E-state index contributed by atoms with van der Waals surface area (Å²) in [6.07, 6.45) is 4.49. The van der Waals surface area contributed by atoms with Crippen molar-refractivity contribution in [2.45, 2.75) is 51.0 Å². The Balaban J connectivity index is 1.41. The first-order valence-electron chi connectivity index (χ1n) is 13.2. The van der Waals surface area contributed by atoms with Crippen molar-refractivity contribution in [3.8, 4) is 11.5 Å². The van der Waals surface area contributed by atoms with Crippen LogP contribution >= 0.6 is 22.6 Å². The first-order chi connectivity index (χ1) is 18.5. The molecular weight excluding hydrogens is 589 g/mol. The van der Waals surface area contributed by atoms with Crippen molar-refractivity contribution in [2.75, 3.05) is 14.2 Å². The molecule has 194 valence electrons. The van der Waals surface area contributed by atoms with Gasteiger partial charge in [0.05, 0.1) is 10.7 Å². The normalized spacial score (nSPS) is 18.1. The molecule has 0 atom stereocenters. The first-order valence-corrected chi connectivity index (χ1v) is 14.3. The molecule has 0 spiro atoms. The van der Waals surface area contributed by atoms with Crippen LogP contribution in [0.15, 0.2) is 77.1 Å². The molecule has 1 heterocycles. The van der Waals surface area contributed by atoms with Gasteiger partial charge in [-0.25, -0.2) is 0 Å². The molecular formula is C32H30INO4. The number of rotatable bonds is 5. The Kier molecular flexibility index (Phi) is 6.76. The van der Waals surface area contributed by atoms with Crippen LogP contribution < -0.4 is 9.47 Å². The van der Waals surface area contributed by atoms with Crippen LogP contribution in [0.5, 0.6) is 11.5 Å². The van der Waals surface area contributed by atoms with Gasteiger partial charge in [0.25, 0.3) is 0 Å². The van der Waals surface area contributed by atoms with Crippen LogP contribution in [0.3, 0.4) is 0 Å². The molecule has 0 N–H and O–H groups in total. The molecule has 6 rings (SSSR count). The van der Waals surface area contributed by atoms with E-state index in [1.807, 2.05) is 31.3 Å². The molecule has 0 saturated carbocycles. The number of carbonyl (C=O) groups excluding carboxylic acids is 2. The molecule has 0 amide bonds. The minimum atomic E-state index is -0.355. The summed E-state index contributed by atoms with van der Waals surface area (Å²) in [5.74, 6) is 1.23. The number of ether oxygens (including phenoxy) is 2. The summed E-state index contributed by atoms with van der Waals surface area (Å²) in [7, 11) is 3.66. The fourth-order valence-corrected chi connectivity index (χ4v) is 7.08. The van der Waals surface area contributed by atoms with Crippen molar-refractivity contribution in [3.63, 3.8) is 0 Å². The summed E-state index contributed by atoms with van der Waals surface area (Å²) < 4.78 is 13.1. The fourth-order valence-electron chi connectivity index (χ4n) is 6.30. The molecule has 6 heteroatoms. The molecule has 3 aliphatic rings. The van der Waals surface area contributed by atoms with E-state index in [0.717, 1.165) is 68.3 Å². The van der Waals surface area contributed by atoms with Crippen LogP contribution in [0, 0.1) is 3.57 Å². The van der Waals surface area contributed by atoms with Crippen molar-refractivity contribution < 1.29 is 19.1 Å². The predicted octanol–water partition coefficient (Wildman–Crippen LogP) is 7.08. The molecule has 0 bridgehead atoms. The van der Waals surface area contributed by atoms with Gasteiger partial charge in [0.1, 0.15) is 6.61 Å². The second kappa shape index (κ2) is 10.2. The smallest absolute Gasteiger partial charge is 0.174 e. The number of nitrogens with zero attached hydrogens (tertiary/aromatic N) is 1. The second-order valence-electron chi connectivity index (χ2n) is 10.2. The highest BCUT2D eigenvalue weighted by Crippen LogP contribution is 2.50. The standard InChI is InChI=1S/C32H30INO4/c1-34-24-12-6-14-26(35)30(24)29(31-25(34)13-7-15-27(31)36)21-16-23(33)32(28(17-21)37-2)38-18-20-10-5-9-19-8-3-4-11-22(19)20/h3-5,8-11,16-17,29H,6-7,12-15,18H2,1-2H3. The molecule has 0 saturated heterocycles. The first kappa shape index (κ1) is 25.2. The van der Waals surface area contributed by atoms with Crippen LogP contribution in [0.25, 0.3) is 10.8 Å². The topological polar surface area (TPSA) is 55.8 Å². The van der Waals surface area contributed by atoms with Gasteiger partial charge in [0.15, 0.2) is 23.1 Å². The lowest BCUT2D eigenvalue weighted by molar-refractivity contribution is -0.117. The lowest BCUT2D eigenvalue weighted by atomic mass is 9.71. The van der Waals surface area contributed by atoms with E-state index in [0.29, 0.717) is 30.9 Å². The zero-order valence-corrected chi connectivity index (χ0v) is 23.8. The maximum atomic E-state index is 13.3. The Morgan fingerprint density at radius 3 is 2.24 bits per heavy atom. The van der Waals surface area contributed by atoms with E-state index >= 15 is 0 Å². The minimum Gasteiger partial charge on any atom is -0.493 e. The Morgan fingerprint density at radius 1 is 0.895 bits per heavy atom. The summed E-state index contributed by atoms with van der Waals surface area (Å²) in [5.41, 5.74) is 5.74. The number of hydrogen-bond acceptors (Lipinski definition) is 5. The van der Waals surface area contributed by atoms with E-state index < -0.39 is 0 Å². The Hall–Kier alpha value is -3.13. The summed E-state index contributed by atoms with van der Waals surface area (Å²) in [5, 5.41) is 2.34. The lowest BCUT2D eigenvalue weighted by Gasteiger charge is -2.42. The van der Waals surface area contributed by atoms with E-state index in [4.69, 9.17) is 9.47 Å². The number of halogens is 1. The van der Waals surface area contributed by atoms with E-state index in [9.17, 15) is 9.59 Å². The highest BCUT2D eigenvalue weighted by molar-refractivity contribution is 14.1. The molecule has 3 aromatic carbocycles. The van der Waals surface area contributed by atoms with Gasteiger partial charge in [-0.05, 0) is 82.3 Å². The SMILES string of the molecule is COc1cc(C2C3=C(CCCC3=O)N(C)C3=C2C(=O)CCC3)cc(I)c1OCc1cccc2ccccc12. The number of carbonyl (C=O) groups is 2. The van der Waals surface area contributed by atoms with Crippen molar-refractivity contribution in [3.05, 3.63) is 91.8 Å². The van der Waals surface area contributed by atoms with Crippen LogP contribution in [0.4, 0.5) is 0 Å². The highest BCUT2D eigenvalue weighted by Gasteiger charge is 2.42. The van der Waals surface area contributed by atoms with E-state index in [2.05, 4.69) is 57.8 Å². The van der Waals surface area contributed by atoms with Gasteiger partial charge in [-0.1, -0.05) is 42.5 Å². The highest BCUT2D eigenvalue weighted by atomic mass is 127. The van der Waals surface area contributed by atoms with Crippen LogP contribution in [-0.2, 0) is 16.2 Å². The molecule has 38 heavy (non-hydrogen) atoms. The average molecular weight is 619 g/mol. The largest absolute Gasteiger partial charge is 0.493 e. The van der Waals surface area contributed by atoms with Gasteiger partial charge in [-0.2, -0.15) is 0 Å². The summed E-state index contributed by atoms with van der Waals surface area (Å²) >= 11 is 2.28. The summed E-state index contributed by atoms with van der Waals surface area (Å²) in [6, 6.07) is 18.6. The Bertz CT molecular complexity index is 1490. The molecule has 0 radical (unpaired) electrons. The maximum Gasteiger partial charge on any atom is 0.174 e. The number of benzene rings is 3. The molecule has 0 fully saturated rings. The Labute approximate surface area is 236 Å². The number of methoxy groups -OCH3 is 1. The van der Waals surface area contributed by atoms with Gasteiger partial charge in [-0.3, -0.25) is 9.59 Å². The predicted molar refractivity (Wildman–Crippen MR) is 156 cm³/mol. The van der Waals surface area contributed by atoms with Crippen molar-refractivity contribution in [1.82, 2.24) is 4.90 Å². The van der Waals surface area contributed by atoms with E-state index in [1.54, 1.807) is 7.11 Å². The molecule has 0 aromatic heterocycles. The third-order valence-corrected chi connectivity index (χ3v) is 8.88. The Morgan fingerprint density at radius 2 is 1.55 bits per heavy atom. The van der Waals surface area contributed by atoms with Gasteiger partial charge >= 0.3 is 0 Å². The third kappa shape index (κ3) is 4.23. The summed E-state index contributed by atoms with van der Waals surface area (Å²) in [6.45, 7) is 0.406. The number of Topliss-reactive ketones (excluding diaryl/α,β-unsaturated/α-hetero) is 2. The van der Waals surface area contributed by atoms with Gasteiger partial charge in [0.2, 0.25) is 0 Å². The minimum absolute atomic E-state index is 0.151. The molecule has 3 aromatic rings. The van der Waals surface area contributed by atoms with Crippen LogP contribution in [0.1, 0.15) is 55.6 Å². The van der Waals surface area contributed by atoms with E-state index in [1.165, 1.54) is 5.39 Å². The van der Waals surface area contributed by atoms with Gasteiger partial charge in [0, 0.05) is 48.3 Å². The van der Waals surface area contributed by atoms with Gasteiger partial charge < -0.3 is 14.4 Å². The molecule has 1 aliphatic heterocycles. The number of allylic oxidation sites excluding steroid dienone is 4. The molecule has 5 nitrogen and oxygen atoms in total. The van der Waals surface area contributed by atoms with Gasteiger partial charge in [-0.15, -0.1) is 0 Å². The monoisotopic (exact) mass is 619 g/mol. The zero-order valence-electron chi connectivity index (χ0n) is 21.7. The third-order valence-electron chi connectivity index (χ3n) is 8.08. The van der Waals surface area contributed by atoms with Crippen LogP contribution in [0.2, 0.25) is 0 Å². The number of fused-ring (bicyclic) bond motifs is 1. The second-order valence-corrected chi connectivity index (χ2v) is 11.4. The molecule has 2 aliphatic carbocycles. The average Bonchev–Trinajstić information content (AvgIpc) is 2.93. The van der Waals surface area contributed by atoms with Crippen molar-refractivity contribution in [2.24, 2.45) is 0 Å². The summed E-state index contributed by atoms with van der Waals surface area (Å²) in [4.78, 5) is 28.8. The quantitative estimate of drug-likeness (QED) is 0.286. The zero-order chi connectivity index (χ0) is 26.4. The molecule has 0 unspecified atom stereocenters. The number of hydrogen-bond donors (Lipinski definition) is 0. The number of ketones is 2. The fraction of sp³-hybridized carbons (Fsp3) is 0.312. The lowest BCUT2D eigenvalue weighted by Crippen LogP contribution is -2.37.